The number of furan rings is 1. The number of carbonyl (C=O) groups is 2. The number of nitro groups is 1. The first-order valence-corrected chi connectivity index (χ1v) is 11.1. The number of methoxy groups -OCH3 is 1. The summed E-state index contributed by atoms with van der Waals surface area (Å²) >= 11 is 1.09. The fraction of sp³-hybridized carbons (Fsp3) is 0.167. The summed E-state index contributed by atoms with van der Waals surface area (Å²) in [6.07, 6.45) is 1.53. The third-order valence-electron chi connectivity index (χ3n) is 5.02. The van der Waals surface area contributed by atoms with E-state index in [0.717, 1.165) is 16.7 Å². The lowest BCUT2D eigenvalue weighted by Crippen LogP contribution is -2.16. The van der Waals surface area contributed by atoms with Crippen LogP contribution in [0, 0.1) is 10.1 Å². The van der Waals surface area contributed by atoms with Gasteiger partial charge in [0, 0.05) is 34.0 Å². The Balaban J connectivity index is 1.61. The average Bonchev–Trinajstić information content (AvgIpc) is 3.43. The van der Waals surface area contributed by atoms with Crippen molar-refractivity contribution in [2.24, 2.45) is 0 Å². The molecule has 2 aromatic carbocycles. The minimum absolute atomic E-state index is 0.0174. The van der Waals surface area contributed by atoms with E-state index in [1.54, 1.807) is 44.4 Å². The topological polar surface area (TPSA) is 121 Å². The van der Waals surface area contributed by atoms with Gasteiger partial charge in [0.25, 0.3) is 5.69 Å². The number of thiophene rings is 1. The molecular weight excluding hydrogens is 460 g/mol. The fourth-order valence-corrected chi connectivity index (χ4v) is 4.45. The zero-order chi connectivity index (χ0) is 24.2. The minimum Gasteiger partial charge on any atom is -0.497 e. The third-order valence-corrected chi connectivity index (χ3v) is 6.19. The molecule has 34 heavy (non-hydrogen) atoms. The Morgan fingerprint density at radius 3 is 2.74 bits per heavy atom. The molecular formula is C24H20N2O7S. The van der Waals surface area contributed by atoms with Gasteiger partial charge in [0.15, 0.2) is 0 Å². The number of esters is 1. The highest BCUT2D eigenvalue weighted by molar-refractivity contribution is 7.18. The predicted octanol–water partition coefficient (Wildman–Crippen LogP) is 5.44. The highest BCUT2D eigenvalue weighted by Crippen LogP contribution is 2.37. The molecule has 4 aromatic rings. The molecule has 174 valence electrons. The van der Waals surface area contributed by atoms with Crippen LogP contribution in [0.4, 0.5) is 11.4 Å². The summed E-state index contributed by atoms with van der Waals surface area (Å²) in [4.78, 5) is 36.8. The second-order valence-electron chi connectivity index (χ2n) is 7.23. The molecule has 0 radical (unpaired) electrons. The van der Waals surface area contributed by atoms with Gasteiger partial charge in [-0.2, -0.15) is 0 Å². The summed E-state index contributed by atoms with van der Waals surface area (Å²) in [7, 11) is 1.56. The summed E-state index contributed by atoms with van der Waals surface area (Å²) in [5.41, 5.74) is 2.04. The van der Waals surface area contributed by atoms with Crippen LogP contribution < -0.4 is 10.1 Å². The summed E-state index contributed by atoms with van der Waals surface area (Å²) in [5, 5.41) is 14.7. The van der Waals surface area contributed by atoms with Crippen molar-refractivity contribution in [3.63, 3.8) is 0 Å². The number of nitro benzene ring substituents is 1. The number of hydrogen-bond acceptors (Lipinski definition) is 8. The highest BCUT2D eigenvalue weighted by Gasteiger charge is 2.21. The standard InChI is InChI=1S/C24H20N2O7S/c1-3-32-24(28)23-19(12-21(34-23)14-5-4-6-16(9-14)26(29)30)25-22(27)10-15-13-33-20-11-17(31-2)7-8-18(15)20/h4-9,11-13H,3,10H2,1-2H3,(H,25,27). The van der Waals surface area contributed by atoms with Crippen LogP contribution >= 0.6 is 11.3 Å². The Morgan fingerprint density at radius 1 is 1.18 bits per heavy atom. The Morgan fingerprint density at radius 2 is 2.00 bits per heavy atom. The van der Waals surface area contributed by atoms with Crippen molar-refractivity contribution >= 4 is 45.6 Å². The van der Waals surface area contributed by atoms with Gasteiger partial charge in [0.1, 0.15) is 16.2 Å². The van der Waals surface area contributed by atoms with Gasteiger partial charge in [-0.15, -0.1) is 11.3 Å². The monoisotopic (exact) mass is 480 g/mol. The zero-order valence-corrected chi connectivity index (χ0v) is 19.1. The number of amides is 1. The maximum Gasteiger partial charge on any atom is 0.350 e. The number of hydrogen-bond donors (Lipinski definition) is 1. The average molecular weight is 480 g/mol. The number of anilines is 1. The van der Waals surface area contributed by atoms with Crippen LogP contribution in [0.2, 0.25) is 0 Å². The molecule has 1 N–H and O–H groups in total. The second kappa shape index (κ2) is 9.75. The third kappa shape index (κ3) is 4.76. The molecule has 0 aliphatic rings. The van der Waals surface area contributed by atoms with Crippen LogP contribution in [-0.4, -0.2) is 30.5 Å². The number of nitrogens with zero attached hydrogens (tertiary/aromatic N) is 1. The number of benzene rings is 2. The molecule has 0 atom stereocenters. The van der Waals surface area contributed by atoms with Gasteiger partial charge in [0.2, 0.25) is 5.91 Å². The molecule has 2 aromatic heterocycles. The quantitative estimate of drug-likeness (QED) is 0.203. The molecule has 0 aliphatic heterocycles. The van der Waals surface area contributed by atoms with Crippen molar-refractivity contribution in [2.45, 2.75) is 13.3 Å². The molecule has 0 fully saturated rings. The minimum atomic E-state index is -0.583. The molecule has 0 saturated carbocycles. The molecule has 0 unspecified atom stereocenters. The van der Waals surface area contributed by atoms with Gasteiger partial charge < -0.3 is 19.2 Å². The summed E-state index contributed by atoms with van der Waals surface area (Å²) in [6, 6.07) is 13.0. The molecule has 2 heterocycles. The van der Waals surface area contributed by atoms with Crippen LogP contribution in [0.1, 0.15) is 22.2 Å². The van der Waals surface area contributed by atoms with Crippen molar-refractivity contribution in [3.05, 3.63) is 75.3 Å². The number of non-ortho nitro benzene ring substituents is 1. The van der Waals surface area contributed by atoms with Crippen LogP contribution in [0.5, 0.6) is 5.75 Å². The van der Waals surface area contributed by atoms with E-state index in [2.05, 4.69) is 5.32 Å². The van der Waals surface area contributed by atoms with E-state index in [9.17, 15) is 19.7 Å². The van der Waals surface area contributed by atoms with Crippen molar-refractivity contribution < 1.29 is 28.4 Å². The normalized spacial score (nSPS) is 10.8. The predicted molar refractivity (Wildman–Crippen MR) is 127 cm³/mol. The van der Waals surface area contributed by atoms with E-state index in [1.807, 2.05) is 6.07 Å². The van der Waals surface area contributed by atoms with Gasteiger partial charge in [0.05, 0.1) is 37.0 Å². The molecule has 4 rings (SSSR count). The summed E-state index contributed by atoms with van der Waals surface area (Å²) in [6.45, 7) is 1.85. The first-order valence-electron chi connectivity index (χ1n) is 10.3. The van der Waals surface area contributed by atoms with E-state index in [-0.39, 0.29) is 35.2 Å². The molecule has 10 heteroatoms. The summed E-state index contributed by atoms with van der Waals surface area (Å²) in [5.74, 6) is -0.295. The van der Waals surface area contributed by atoms with Crippen LogP contribution in [0.25, 0.3) is 21.4 Å². The zero-order valence-electron chi connectivity index (χ0n) is 18.3. The first-order chi connectivity index (χ1) is 16.4. The van der Waals surface area contributed by atoms with Gasteiger partial charge >= 0.3 is 5.97 Å². The lowest BCUT2D eigenvalue weighted by molar-refractivity contribution is -0.384. The highest BCUT2D eigenvalue weighted by atomic mass is 32.1. The van der Waals surface area contributed by atoms with E-state index in [1.165, 1.54) is 18.4 Å². The maximum absolute atomic E-state index is 12.9. The second-order valence-corrected chi connectivity index (χ2v) is 8.28. The van der Waals surface area contributed by atoms with E-state index < -0.39 is 10.9 Å². The number of fused-ring (bicyclic) bond motifs is 1. The van der Waals surface area contributed by atoms with E-state index in [0.29, 0.717) is 27.3 Å². The molecule has 0 spiro atoms. The smallest absolute Gasteiger partial charge is 0.350 e. The van der Waals surface area contributed by atoms with Crippen molar-refractivity contribution in [1.29, 1.82) is 0 Å². The van der Waals surface area contributed by atoms with Crippen LogP contribution in [-0.2, 0) is 16.0 Å². The fourth-order valence-electron chi connectivity index (χ4n) is 3.44. The summed E-state index contributed by atoms with van der Waals surface area (Å²) < 4.78 is 15.9. The van der Waals surface area contributed by atoms with Gasteiger partial charge in [-0.05, 0) is 30.7 Å². The van der Waals surface area contributed by atoms with E-state index >= 15 is 0 Å². The van der Waals surface area contributed by atoms with Crippen LogP contribution in [0.15, 0.2) is 59.2 Å². The number of carbonyl (C=O) groups excluding carboxylic acids is 2. The maximum atomic E-state index is 12.9. The van der Waals surface area contributed by atoms with Crippen molar-refractivity contribution in [1.82, 2.24) is 0 Å². The Hall–Kier alpha value is -4.18. The van der Waals surface area contributed by atoms with Crippen LogP contribution in [0.3, 0.4) is 0 Å². The Kier molecular flexibility index (Phi) is 6.60. The lowest BCUT2D eigenvalue weighted by Gasteiger charge is -2.06. The van der Waals surface area contributed by atoms with Gasteiger partial charge in [-0.1, -0.05) is 12.1 Å². The molecule has 0 aliphatic carbocycles. The number of ether oxygens (including phenoxy) is 2. The number of nitrogens with one attached hydrogen (secondary N) is 1. The first kappa shape index (κ1) is 23.0. The Bertz CT molecular complexity index is 1390. The molecule has 0 saturated heterocycles. The SMILES string of the molecule is CCOC(=O)c1sc(-c2cccc([N+](=O)[O-])c2)cc1NC(=O)Cc1coc2cc(OC)ccc12. The molecule has 0 bridgehead atoms. The largest absolute Gasteiger partial charge is 0.497 e. The number of rotatable bonds is 8. The van der Waals surface area contributed by atoms with Crippen molar-refractivity contribution in [2.75, 3.05) is 19.0 Å². The molecule has 9 nitrogen and oxygen atoms in total. The Labute approximate surface area is 198 Å². The van der Waals surface area contributed by atoms with Gasteiger partial charge in [-0.25, -0.2) is 4.79 Å². The lowest BCUT2D eigenvalue weighted by atomic mass is 10.1. The van der Waals surface area contributed by atoms with Gasteiger partial charge in [-0.3, -0.25) is 14.9 Å². The molecule has 1 amide bonds. The van der Waals surface area contributed by atoms with Crippen molar-refractivity contribution in [3.8, 4) is 16.2 Å². The van der Waals surface area contributed by atoms with E-state index in [4.69, 9.17) is 13.9 Å².